The number of carbonyl (C=O) groups is 1. The minimum atomic E-state index is -0.0838. The SMILES string of the molecule is CC(C)NCC(COc1cccc2ccccc12)C(=O)C1CCCCC1. The minimum absolute atomic E-state index is 0.0838. The number of fused-ring (bicyclic) bond motifs is 1. The predicted octanol–water partition coefficient (Wildman–Crippen LogP) is 4.98. The van der Waals surface area contributed by atoms with E-state index >= 15 is 0 Å². The summed E-state index contributed by atoms with van der Waals surface area (Å²) < 4.78 is 6.16. The third kappa shape index (κ3) is 4.85. The van der Waals surface area contributed by atoms with E-state index in [1.165, 1.54) is 24.6 Å². The summed E-state index contributed by atoms with van der Waals surface area (Å²) in [5.41, 5.74) is 0. The van der Waals surface area contributed by atoms with E-state index in [0.29, 0.717) is 25.0 Å². The fourth-order valence-corrected chi connectivity index (χ4v) is 3.85. The van der Waals surface area contributed by atoms with Crippen LogP contribution >= 0.6 is 0 Å². The number of carbonyl (C=O) groups excluding carboxylic acids is 1. The lowest BCUT2D eigenvalue weighted by Gasteiger charge is -2.26. The van der Waals surface area contributed by atoms with Crippen LogP contribution in [0.4, 0.5) is 0 Å². The molecule has 1 aliphatic rings. The molecule has 3 rings (SSSR count). The summed E-state index contributed by atoms with van der Waals surface area (Å²) in [6, 6.07) is 14.7. The minimum Gasteiger partial charge on any atom is -0.492 e. The second kappa shape index (κ2) is 9.18. The van der Waals surface area contributed by atoms with E-state index in [0.717, 1.165) is 24.0 Å². The number of nitrogens with one attached hydrogen (secondary N) is 1. The quantitative estimate of drug-likeness (QED) is 0.727. The molecule has 0 aromatic heterocycles. The molecule has 1 saturated carbocycles. The van der Waals surface area contributed by atoms with Crippen molar-refractivity contribution < 1.29 is 9.53 Å². The molecule has 0 aliphatic heterocycles. The third-order valence-corrected chi connectivity index (χ3v) is 5.37. The van der Waals surface area contributed by atoms with E-state index < -0.39 is 0 Å². The van der Waals surface area contributed by atoms with E-state index in [2.05, 4.69) is 37.4 Å². The molecule has 140 valence electrons. The molecular weight excluding hydrogens is 322 g/mol. The van der Waals surface area contributed by atoms with Gasteiger partial charge in [-0.3, -0.25) is 4.79 Å². The van der Waals surface area contributed by atoms with Crippen molar-refractivity contribution in [3.8, 4) is 5.75 Å². The lowest BCUT2D eigenvalue weighted by atomic mass is 9.81. The Labute approximate surface area is 157 Å². The van der Waals surface area contributed by atoms with Crippen molar-refractivity contribution in [1.29, 1.82) is 0 Å². The first-order valence-electron chi connectivity index (χ1n) is 10.0. The molecule has 3 nitrogen and oxygen atoms in total. The van der Waals surface area contributed by atoms with E-state index in [1.807, 2.05) is 24.3 Å². The zero-order valence-electron chi connectivity index (χ0n) is 16.0. The number of ketones is 1. The first-order valence-corrected chi connectivity index (χ1v) is 10.0. The van der Waals surface area contributed by atoms with Crippen LogP contribution in [-0.2, 0) is 4.79 Å². The molecule has 2 aromatic carbocycles. The molecule has 0 bridgehead atoms. The Hall–Kier alpha value is -1.87. The van der Waals surface area contributed by atoms with Crippen LogP contribution in [0.15, 0.2) is 42.5 Å². The van der Waals surface area contributed by atoms with E-state index in [4.69, 9.17) is 4.74 Å². The molecule has 1 fully saturated rings. The second-order valence-electron chi connectivity index (χ2n) is 7.79. The number of rotatable bonds is 8. The van der Waals surface area contributed by atoms with E-state index in [9.17, 15) is 4.79 Å². The standard InChI is InChI=1S/C23H31NO2/c1-17(2)24-15-20(23(25)19-10-4-3-5-11-19)16-26-22-14-8-12-18-9-6-7-13-21(18)22/h6-9,12-14,17,19-20,24H,3-5,10-11,15-16H2,1-2H3. The summed E-state index contributed by atoms with van der Waals surface area (Å²) in [6.45, 7) is 5.38. The highest BCUT2D eigenvalue weighted by Crippen LogP contribution is 2.28. The molecule has 1 unspecified atom stereocenters. The Bertz CT molecular complexity index is 714. The number of ether oxygens (including phenoxy) is 1. The Kier molecular flexibility index (Phi) is 6.67. The molecule has 0 radical (unpaired) electrons. The zero-order chi connectivity index (χ0) is 18.4. The van der Waals surface area contributed by atoms with Crippen molar-refractivity contribution in [2.75, 3.05) is 13.2 Å². The lowest BCUT2D eigenvalue weighted by Crippen LogP contribution is -2.39. The van der Waals surface area contributed by atoms with Crippen LogP contribution in [0.3, 0.4) is 0 Å². The maximum absolute atomic E-state index is 13.1. The summed E-state index contributed by atoms with van der Waals surface area (Å²) in [7, 11) is 0. The van der Waals surface area contributed by atoms with Gasteiger partial charge in [0.05, 0.1) is 12.5 Å². The van der Waals surface area contributed by atoms with E-state index in [-0.39, 0.29) is 11.8 Å². The van der Waals surface area contributed by atoms with Crippen LogP contribution in [0.1, 0.15) is 46.0 Å². The Morgan fingerprint density at radius 2 is 1.81 bits per heavy atom. The molecule has 1 aliphatic carbocycles. The van der Waals surface area contributed by atoms with Crippen LogP contribution < -0.4 is 10.1 Å². The van der Waals surface area contributed by atoms with Gasteiger partial charge in [-0.25, -0.2) is 0 Å². The summed E-state index contributed by atoms with van der Waals surface area (Å²) in [4.78, 5) is 13.1. The van der Waals surface area contributed by atoms with Gasteiger partial charge in [0.2, 0.25) is 0 Å². The van der Waals surface area contributed by atoms with Crippen molar-refractivity contribution in [3.63, 3.8) is 0 Å². The fraction of sp³-hybridized carbons (Fsp3) is 0.522. The summed E-state index contributed by atoms with van der Waals surface area (Å²) in [5.74, 6) is 1.39. The average molecular weight is 354 g/mol. The highest BCUT2D eigenvalue weighted by molar-refractivity contribution is 5.88. The fourth-order valence-electron chi connectivity index (χ4n) is 3.85. The van der Waals surface area contributed by atoms with Gasteiger partial charge in [0.15, 0.2) is 0 Å². The molecule has 1 N–H and O–H groups in total. The van der Waals surface area contributed by atoms with Gasteiger partial charge >= 0.3 is 0 Å². The van der Waals surface area contributed by atoms with Crippen LogP contribution in [-0.4, -0.2) is 25.0 Å². The monoisotopic (exact) mass is 353 g/mol. The van der Waals surface area contributed by atoms with Crippen LogP contribution in [0.2, 0.25) is 0 Å². The highest BCUT2D eigenvalue weighted by Gasteiger charge is 2.28. The molecule has 0 spiro atoms. The molecule has 0 amide bonds. The normalized spacial score (nSPS) is 16.7. The molecule has 1 atom stereocenters. The van der Waals surface area contributed by atoms with Gasteiger partial charge < -0.3 is 10.1 Å². The first-order chi connectivity index (χ1) is 12.6. The molecule has 0 heterocycles. The van der Waals surface area contributed by atoms with E-state index in [1.54, 1.807) is 0 Å². The van der Waals surface area contributed by atoms with Gasteiger partial charge in [0.1, 0.15) is 11.5 Å². The van der Waals surface area contributed by atoms with Crippen molar-refractivity contribution in [1.82, 2.24) is 5.32 Å². The molecule has 2 aromatic rings. The van der Waals surface area contributed by atoms with Gasteiger partial charge in [-0.05, 0) is 24.3 Å². The second-order valence-corrected chi connectivity index (χ2v) is 7.79. The summed E-state index contributed by atoms with van der Waals surface area (Å²) in [5, 5.41) is 5.71. The number of benzene rings is 2. The number of Topliss-reactive ketones (excluding diaryl/α,β-unsaturated/α-hetero) is 1. The molecular formula is C23H31NO2. The Balaban J connectivity index is 1.71. The van der Waals surface area contributed by atoms with Gasteiger partial charge in [-0.1, -0.05) is 69.5 Å². The summed E-state index contributed by atoms with van der Waals surface area (Å²) >= 11 is 0. The van der Waals surface area contributed by atoms with Crippen molar-refractivity contribution >= 4 is 16.6 Å². The maximum atomic E-state index is 13.1. The summed E-state index contributed by atoms with van der Waals surface area (Å²) in [6.07, 6.45) is 5.73. The maximum Gasteiger partial charge on any atom is 0.143 e. The average Bonchev–Trinajstić information content (AvgIpc) is 2.68. The first kappa shape index (κ1) is 18.9. The lowest BCUT2D eigenvalue weighted by molar-refractivity contribution is -0.128. The molecule has 26 heavy (non-hydrogen) atoms. The smallest absolute Gasteiger partial charge is 0.143 e. The predicted molar refractivity (Wildman–Crippen MR) is 108 cm³/mol. The van der Waals surface area contributed by atoms with Crippen molar-refractivity contribution in [2.45, 2.75) is 52.0 Å². The largest absolute Gasteiger partial charge is 0.492 e. The Morgan fingerprint density at radius 1 is 1.08 bits per heavy atom. The number of hydrogen-bond acceptors (Lipinski definition) is 3. The van der Waals surface area contributed by atoms with Gasteiger partial charge in [0.25, 0.3) is 0 Å². The van der Waals surface area contributed by atoms with Gasteiger partial charge in [-0.15, -0.1) is 0 Å². The van der Waals surface area contributed by atoms with Crippen LogP contribution in [0.25, 0.3) is 10.8 Å². The highest BCUT2D eigenvalue weighted by atomic mass is 16.5. The van der Waals surface area contributed by atoms with Gasteiger partial charge in [0, 0.05) is 23.9 Å². The molecule has 3 heteroatoms. The topological polar surface area (TPSA) is 38.3 Å². The Morgan fingerprint density at radius 3 is 2.58 bits per heavy atom. The van der Waals surface area contributed by atoms with Gasteiger partial charge in [-0.2, -0.15) is 0 Å². The third-order valence-electron chi connectivity index (χ3n) is 5.37. The van der Waals surface area contributed by atoms with Crippen molar-refractivity contribution in [2.24, 2.45) is 11.8 Å². The van der Waals surface area contributed by atoms with Crippen LogP contribution in [0, 0.1) is 11.8 Å². The molecule has 0 saturated heterocycles. The van der Waals surface area contributed by atoms with Crippen molar-refractivity contribution in [3.05, 3.63) is 42.5 Å². The zero-order valence-corrected chi connectivity index (χ0v) is 16.0. The van der Waals surface area contributed by atoms with Crippen LogP contribution in [0.5, 0.6) is 5.75 Å². The number of hydrogen-bond donors (Lipinski definition) is 1.